The Morgan fingerprint density at radius 1 is 1.50 bits per heavy atom. The van der Waals surface area contributed by atoms with Crippen molar-refractivity contribution in [3.05, 3.63) is 23.8 Å². The zero-order valence-corrected chi connectivity index (χ0v) is 6.82. The normalized spacial score (nSPS) is 26.5. The maximum absolute atomic E-state index is 9.59. The van der Waals surface area contributed by atoms with Crippen LogP contribution >= 0.6 is 0 Å². The third-order valence-corrected chi connectivity index (χ3v) is 2.11. The van der Waals surface area contributed by atoms with E-state index in [9.17, 15) is 5.11 Å². The van der Waals surface area contributed by atoms with Crippen molar-refractivity contribution in [2.24, 2.45) is 0 Å². The molecule has 0 amide bonds. The molecule has 0 radical (unpaired) electrons. The number of hydrogen-bond donors (Lipinski definition) is 2. The van der Waals surface area contributed by atoms with Gasteiger partial charge >= 0.3 is 0 Å². The second kappa shape index (κ2) is 2.38. The van der Waals surface area contributed by atoms with E-state index in [1.54, 1.807) is 18.2 Å². The number of nitrogen functional groups attached to an aromatic ring is 1. The van der Waals surface area contributed by atoms with E-state index in [4.69, 9.17) is 10.5 Å². The molecule has 0 bridgehead atoms. The topological polar surface area (TPSA) is 55.5 Å². The van der Waals surface area contributed by atoms with E-state index >= 15 is 0 Å². The van der Waals surface area contributed by atoms with Crippen molar-refractivity contribution in [3.8, 4) is 5.75 Å². The van der Waals surface area contributed by atoms with E-state index in [-0.39, 0.29) is 6.10 Å². The van der Waals surface area contributed by atoms with Crippen molar-refractivity contribution in [2.45, 2.75) is 19.1 Å². The maximum Gasteiger partial charge on any atom is 0.126 e. The molecule has 0 aliphatic carbocycles. The summed E-state index contributed by atoms with van der Waals surface area (Å²) >= 11 is 0. The minimum atomic E-state index is -0.538. The van der Waals surface area contributed by atoms with Crippen molar-refractivity contribution in [2.75, 3.05) is 5.73 Å². The molecule has 3 N–H and O–H groups in total. The van der Waals surface area contributed by atoms with Crippen LogP contribution < -0.4 is 10.5 Å². The van der Waals surface area contributed by atoms with E-state index in [1.165, 1.54) is 0 Å². The van der Waals surface area contributed by atoms with Crippen LogP contribution in [0.2, 0.25) is 0 Å². The van der Waals surface area contributed by atoms with Gasteiger partial charge in [-0.1, -0.05) is 0 Å². The number of benzene rings is 1. The molecule has 1 aliphatic rings. The third kappa shape index (κ3) is 0.940. The number of aliphatic hydroxyl groups excluding tert-OH is 1. The molecular formula is C9H11NO2. The van der Waals surface area contributed by atoms with Gasteiger partial charge in [0, 0.05) is 11.3 Å². The lowest BCUT2D eigenvalue weighted by Gasteiger charge is -2.06. The smallest absolute Gasteiger partial charge is 0.126 e. The van der Waals surface area contributed by atoms with E-state index in [0.717, 1.165) is 11.3 Å². The summed E-state index contributed by atoms with van der Waals surface area (Å²) < 4.78 is 5.37. The lowest BCUT2D eigenvalue weighted by Crippen LogP contribution is -2.12. The van der Waals surface area contributed by atoms with E-state index in [1.807, 2.05) is 6.92 Å². The van der Waals surface area contributed by atoms with Crippen molar-refractivity contribution in [3.63, 3.8) is 0 Å². The number of hydrogen-bond acceptors (Lipinski definition) is 3. The van der Waals surface area contributed by atoms with Gasteiger partial charge in [0.1, 0.15) is 18.0 Å². The van der Waals surface area contributed by atoms with E-state index in [0.29, 0.717) is 5.69 Å². The average Bonchev–Trinajstić information content (AvgIpc) is 2.31. The van der Waals surface area contributed by atoms with Crippen LogP contribution in [0.1, 0.15) is 18.6 Å². The Bertz CT molecular complexity index is 311. The Kier molecular flexibility index (Phi) is 1.48. The molecule has 12 heavy (non-hydrogen) atoms. The largest absolute Gasteiger partial charge is 0.487 e. The highest BCUT2D eigenvalue weighted by molar-refractivity contribution is 5.50. The molecule has 0 aromatic heterocycles. The number of ether oxygens (including phenoxy) is 1. The summed E-state index contributed by atoms with van der Waals surface area (Å²) in [6.07, 6.45) is -0.703. The molecule has 1 aromatic carbocycles. The van der Waals surface area contributed by atoms with Crippen LogP contribution in [0.15, 0.2) is 18.2 Å². The van der Waals surface area contributed by atoms with Gasteiger partial charge in [-0.25, -0.2) is 0 Å². The lowest BCUT2D eigenvalue weighted by atomic mass is 10.1. The lowest BCUT2D eigenvalue weighted by molar-refractivity contribution is 0.0796. The van der Waals surface area contributed by atoms with Gasteiger partial charge in [0.15, 0.2) is 0 Å². The summed E-state index contributed by atoms with van der Waals surface area (Å²) in [6.45, 7) is 1.83. The van der Waals surface area contributed by atoms with E-state index in [2.05, 4.69) is 0 Å². The standard InChI is InChI=1S/C9H11NO2/c1-5-9(11)7-4-6(10)2-3-8(7)12-5/h2-5,9,11H,10H2,1H3. The van der Waals surface area contributed by atoms with Gasteiger partial charge in [0.25, 0.3) is 0 Å². The molecule has 64 valence electrons. The predicted octanol–water partition coefficient (Wildman–Crippen LogP) is 1.08. The van der Waals surface area contributed by atoms with Gasteiger partial charge < -0.3 is 15.6 Å². The van der Waals surface area contributed by atoms with Gasteiger partial charge in [-0.05, 0) is 25.1 Å². The molecule has 3 heteroatoms. The Morgan fingerprint density at radius 2 is 2.25 bits per heavy atom. The van der Waals surface area contributed by atoms with Crippen LogP contribution in [0.4, 0.5) is 5.69 Å². The van der Waals surface area contributed by atoms with Crippen LogP contribution in [0.5, 0.6) is 5.75 Å². The molecule has 3 nitrogen and oxygen atoms in total. The first kappa shape index (κ1) is 7.43. The zero-order chi connectivity index (χ0) is 8.72. The van der Waals surface area contributed by atoms with Gasteiger partial charge in [-0.3, -0.25) is 0 Å². The van der Waals surface area contributed by atoms with Gasteiger partial charge in [-0.2, -0.15) is 0 Å². The summed E-state index contributed by atoms with van der Waals surface area (Å²) in [5, 5.41) is 9.59. The molecule has 1 heterocycles. The van der Waals surface area contributed by atoms with Crippen LogP contribution in [-0.2, 0) is 0 Å². The highest BCUT2D eigenvalue weighted by atomic mass is 16.5. The first-order valence-corrected chi connectivity index (χ1v) is 3.92. The fourth-order valence-corrected chi connectivity index (χ4v) is 1.42. The summed E-state index contributed by atoms with van der Waals surface area (Å²) in [4.78, 5) is 0. The van der Waals surface area contributed by atoms with Gasteiger partial charge in [-0.15, -0.1) is 0 Å². The highest BCUT2D eigenvalue weighted by Crippen LogP contribution is 2.37. The Morgan fingerprint density at radius 3 is 3.00 bits per heavy atom. The predicted molar refractivity (Wildman–Crippen MR) is 45.9 cm³/mol. The Labute approximate surface area is 70.8 Å². The van der Waals surface area contributed by atoms with Crippen LogP contribution in [0.25, 0.3) is 0 Å². The summed E-state index contributed by atoms with van der Waals surface area (Å²) in [5.74, 6) is 0.740. The first-order chi connectivity index (χ1) is 5.68. The zero-order valence-electron chi connectivity index (χ0n) is 6.82. The molecular weight excluding hydrogens is 154 g/mol. The van der Waals surface area contributed by atoms with Crippen molar-refractivity contribution >= 4 is 5.69 Å². The second-order valence-corrected chi connectivity index (χ2v) is 3.07. The summed E-state index contributed by atoms with van der Waals surface area (Å²) in [6, 6.07) is 5.31. The fourth-order valence-electron chi connectivity index (χ4n) is 1.42. The molecule has 2 rings (SSSR count). The minimum Gasteiger partial charge on any atom is -0.487 e. The molecule has 1 aliphatic heterocycles. The highest BCUT2D eigenvalue weighted by Gasteiger charge is 2.28. The second-order valence-electron chi connectivity index (χ2n) is 3.07. The molecule has 2 unspecified atom stereocenters. The molecule has 0 saturated heterocycles. The van der Waals surface area contributed by atoms with Crippen LogP contribution in [-0.4, -0.2) is 11.2 Å². The first-order valence-electron chi connectivity index (χ1n) is 3.92. The maximum atomic E-state index is 9.59. The minimum absolute atomic E-state index is 0.165. The number of aliphatic hydroxyl groups is 1. The fraction of sp³-hybridized carbons (Fsp3) is 0.333. The monoisotopic (exact) mass is 165 g/mol. The van der Waals surface area contributed by atoms with Gasteiger partial charge in [0.05, 0.1) is 0 Å². The van der Waals surface area contributed by atoms with Crippen molar-refractivity contribution in [1.29, 1.82) is 0 Å². The van der Waals surface area contributed by atoms with E-state index < -0.39 is 6.10 Å². The molecule has 0 fully saturated rings. The molecule has 2 atom stereocenters. The third-order valence-electron chi connectivity index (χ3n) is 2.11. The summed E-state index contributed by atoms with van der Waals surface area (Å²) in [5.41, 5.74) is 7.02. The van der Waals surface area contributed by atoms with Crippen molar-refractivity contribution in [1.82, 2.24) is 0 Å². The summed E-state index contributed by atoms with van der Waals surface area (Å²) in [7, 11) is 0. The number of rotatable bonds is 0. The average molecular weight is 165 g/mol. The quantitative estimate of drug-likeness (QED) is 0.565. The number of anilines is 1. The number of fused-ring (bicyclic) bond motifs is 1. The van der Waals surface area contributed by atoms with Crippen molar-refractivity contribution < 1.29 is 9.84 Å². The number of nitrogens with two attached hydrogens (primary N) is 1. The van der Waals surface area contributed by atoms with Crippen LogP contribution in [0.3, 0.4) is 0 Å². The SMILES string of the molecule is CC1Oc2ccc(N)cc2C1O. The molecule has 0 spiro atoms. The Hall–Kier alpha value is -1.22. The Balaban J connectivity index is 2.48. The van der Waals surface area contributed by atoms with Crippen LogP contribution in [0, 0.1) is 0 Å². The molecule has 0 saturated carbocycles. The molecule has 1 aromatic rings. The van der Waals surface area contributed by atoms with Gasteiger partial charge in [0.2, 0.25) is 0 Å².